The summed E-state index contributed by atoms with van der Waals surface area (Å²) in [5, 5.41) is 2.39. The number of hydrogen-bond acceptors (Lipinski definition) is 4. The van der Waals surface area contributed by atoms with Crippen LogP contribution in [-0.4, -0.2) is 18.8 Å². The summed E-state index contributed by atoms with van der Waals surface area (Å²) in [5.41, 5.74) is 0. The summed E-state index contributed by atoms with van der Waals surface area (Å²) in [4.78, 5) is 21.9. The van der Waals surface area contributed by atoms with Gasteiger partial charge in [0, 0.05) is 22.9 Å². The molecule has 0 N–H and O–H groups in total. The zero-order valence-corrected chi connectivity index (χ0v) is 13.6. The molecule has 0 aromatic heterocycles. The first-order chi connectivity index (χ1) is 10.3. The maximum atomic E-state index is 10.7. The Bertz CT molecular complexity index is 391. The van der Waals surface area contributed by atoms with Crippen LogP contribution in [0.15, 0.2) is 28.0 Å². The summed E-state index contributed by atoms with van der Waals surface area (Å²) in [5.74, 6) is 1.69. The second-order valence-electron chi connectivity index (χ2n) is 5.14. The van der Waals surface area contributed by atoms with Crippen molar-refractivity contribution in [3.63, 3.8) is 0 Å². The maximum absolute atomic E-state index is 10.7. The molecule has 1 amide bonds. The van der Waals surface area contributed by atoms with Gasteiger partial charge in [-0.2, -0.15) is 0 Å². The van der Waals surface area contributed by atoms with Crippen molar-refractivity contribution in [2.75, 3.05) is 12.9 Å². The molecule has 0 saturated heterocycles. The van der Waals surface area contributed by atoms with Gasteiger partial charge in [0.15, 0.2) is 0 Å². The van der Waals surface area contributed by atoms with Crippen molar-refractivity contribution in [1.29, 1.82) is 0 Å². The van der Waals surface area contributed by atoms with Crippen LogP contribution < -0.4 is 0 Å². The molecule has 0 heterocycles. The second kappa shape index (κ2) is 11.5. The molecule has 1 aliphatic carbocycles. The Hall–Kier alpha value is -1.10. The lowest BCUT2D eigenvalue weighted by Crippen LogP contribution is -1.92. The van der Waals surface area contributed by atoms with E-state index in [4.69, 9.17) is 4.74 Å². The van der Waals surface area contributed by atoms with Gasteiger partial charge in [0.05, 0.1) is 7.11 Å². The third-order valence-electron chi connectivity index (χ3n) is 3.46. The number of carbonyl (C=O) groups excluding carboxylic acids is 1. The molecule has 1 aliphatic rings. The van der Waals surface area contributed by atoms with Gasteiger partial charge >= 0.3 is 0 Å². The average Bonchev–Trinajstić information content (AvgIpc) is 2.74. The topological polar surface area (TPSA) is 55.7 Å². The van der Waals surface area contributed by atoms with Gasteiger partial charge in [-0.05, 0) is 37.5 Å². The van der Waals surface area contributed by atoms with Gasteiger partial charge in [-0.3, -0.25) is 4.79 Å². The smallest absolute Gasteiger partial charge is 0.286 e. The zero-order chi connectivity index (χ0) is 15.3. The van der Waals surface area contributed by atoms with Gasteiger partial charge in [0.2, 0.25) is 0 Å². The minimum Gasteiger partial charge on any atom is -0.500 e. The predicted molar refractivity (Wildman–Crippen MR) is 88.0 cm³/mol. The molecule has 0 radical (unpaired) electrons. The highest BCUT2D eigenvalue weighted by molar-refractivity contribution is 8.03. The molecule has 0 fully saturated rings. The van der Waals surface area contributed by atoms with Crippen molar-refractivity contribution in [2.24, 2.45) is 5.18 Å². The van der Waals surface area contributed by atoms with E-state index in [0.29, 0.717) is 6.42 Å². The van der Waals surface area contributed by atoms with Gasteiger partial charge < -0.3 is 4.74 Å². The normalized spacial score (nSPS) is 14.9. The van der Waals surface area contributed by atoms with Gasteiger partial charge in [0.25, 0.3) is 5.91 Å². The van der Waals surface area contributed by atoms with E-state index >= 15 is 0 Å². The molecular formula is C16H25NO3S. The Morgan fingerprint density at radius 1 is 1.29 bits per heavy atom. The van der Waals surface area contributed by atoms with Crippen LogP contribution in [0.4, 0.5) is 0 Å². The molecule has 4 nitrogen and oxygen atoms in total. The van der Waals surface area contributed by atoms with Crippen LogP contribution in [-0.2, 0) is 9.53 Å². The minimum atomic E-state index is -0.523. The van der Waals surface area contributed by atoms with Crippen molar-refractivity contribution >= 4 is 17.7 Å². The predicted octanol–water partition coefficient (Wildman–Crippen LogP) is 4.95. The van der Waals surface area contributed by atoms with Crippen molar-refractivity contribution < 1.29 is 9.53 Å². The Labute approximate surface area is 131 Å². The Balaban J connectivity index is 2.09. The molecular weight excluding hydrogens is 286 g/mol. The van der Waals surface area contributed by atoms with E-state index in [1.54, 1.807) is 7.11 Å². The first kappa shape index (κ1) is 18.0. The fourth-order valence-corrected chi connectivity index (χ4v) is 3.36. The number of ether oxygens (including phenoxy) is 1. The minimum absolute atomic E-state index is 0.299. The molecule has 118 valence electrons. The second-order valence-corrected chi connectivity index (χ2v) is 6.27. The fraction of sp³-hybridized carbons (Fsp3) is 0.688. The van der Waals surface area contributed by atoms with Crippen molar-refractivity contribution in [2.45, 2.75) is 57.8 Å². The van der Waals surface area contributed by atoms with E-state index in [0.717, 1.165) is 56.5 Å². The van der Waals surface area contributed by atoms with Gasteiger partial charge in [-0.1, -0.05) is 25.3 Å². The highest BCUT2D eigenvalue weighted by atomic mass is 32.2. The number of nitrogens with zero attached hydrogens (tertiary/aromatic N) is 1. The summed E-state index contributed by atoms with van der Waals surface area (Å²) in [7, 11) is 1.75. The summed E-state index contributed by atoms with van der Waals surface area (Å²) in [6.45, 7) is 0. The van der Waals surface area contributed by atoms with Crippen LogP contribution in [0.25, 0.3) is 0 Å². The first-order valence-corrected chi connectivity index (χ1v) is 8.69. The fourth-order valence-electron chi connectivity index (χ4n) is 2.25. The van der Waals surface area contributed by atoms with Crippen LogP contribution >= 0.6 is 11.8 Å². The number of unbranched alkanes of at least 4 members (excludes halogenated alkanes) is 4. The summed E-state index contributed by atoms with van der Waals surface area (Å²) >= 11 is 1.87. The van der Waals surface area contributed by atoms with Crippen molar-refractivity contribution in [1.82, 2.24) is 0 Å². The van der Waals surface area contributed by atoms with Crippen LogP contribution in [0, 0.1) is 4.91 Å². The number of nitroso groups, excluding NO2 is 1. The van der Waals surface area contributed by atoms with Crippen molar-refractivity contribution in [3.8, 4) is 0 Å². The first-order valence-electron chi connectivity index (χ1n) is 7.70. The van der Waals surface area contributed by atoms with Gasteiger partial charge in [0.1, 0.15) is 5.76 Å². The number of allylic oxidation sites excluding steroid dienone is 3. The van der Waals surface area contributed by atoms with Crippen LogP contribution in [0.1, 0.15) is 57.8 Å². The van der Waals surface area contributed by atoms with E-state index in [1.807, 2.05) is 11.8 Å². The number of thioether (sulfide) groups is 1. The Kier molecular flexibility index (Phi) is 9.87. The number of carbonyl (C=O) groups is 1. The number of methoxy groups -OCH3 is 1. The zero-order valence-electron chi connectivity index (χ0n) is 12.8. The highest BCUT2D eigenvalue weighted by Gasteiger charge is 2.08. The van der Waals surface area contributed by atoms with Gasteiger partial charge in [-0.15, -0.1) is 16.7 Å². The summed E-state index contributed by atoms with van der Waals surface area (Å²) in [6, 6.07) is 0. The lowest BCUT2D eigenvalue weighted by molar-refractivity contribution is -0.118. The molecule has 0 spiro atoms. The number of amides is 1. The van der Waals surface area contributed by atoms with Crippen LogP contribution in [0.2, 0.25) is 0 Å². The van der Waals surface area contributed by atoms with E-state index in [9.17, 15) is 9.70 Å². The molecule has 5 heteroatoms. The third kappa shape index (κ3) is 8.05. The lowest BCUT2D eigenvalue weighted by atomic mass is 10.1. The maximum Gasteiger partial charge on any atom is 0.286 e. The van der Waals surface area contributed by atoms with E-state index in [1.165, 1.54) is 11.3 Å². The van der Waals surface area contributed by atoms with E-state index < -0.39 is 5.91 Å². The molecule has 1 rings (SSSR count). The number of hydrogen-bond donors (Lipinski definition) is 0. The molecule has 0 unspecified atom stereocenters. The number of rotatable bonds is 10. The quantitative estimate of drug-likeness (QED) is 0.423. The largest absolute Gasteiger partial charge is 0.500 e. The molecule has 21 heavy (non-hydrogen) atoms. The molecule has 0 atom stereocenters. The molecule has 0 aromatic carbocycles. The van der Waals surface area contributed by atoms with E-state index in [-0.39, 0.29) is 0 Å². The monoisotopic (exact) mass is 311 g/mol. The molecule has 0 saturated carbocycles. The highest BCUT2D eigenvalue weighted by Crippen LogP contribution is 2.28. The summed E-state index contributed by atoms with van der Waals surface area (Å²) < 4.78 is 5.47. The average molecular weight is 311 g/mol. The standard InChI is InChI=1S/C16H25NO3S/c1-20-14-10-6-5-7-11-15(14)21-13-9-4-2-3-8-12-16(18)17-19/h7,11H,2-6,8-10,12-13H2,1H3. The Morgan fingerprint density at radius 2 is 2.05 bits per heavy atom. The van der Waals surface area contributed by atoms with E-state index in [2.05, 4.69) is 17.3 Å². The molecule has 0 aromatic rings. The SMILES string of the molecule is COC1=C(SCCCCCCCC(=O)N=O)C=CCCC1. The van der Waals surface area contributed by atoms with Crippen LogP contribution in [0.3, 0.4) is 0 Å². The lowest BCUT2D eigenvalue weighted by Gasteiger charge is -2.09. The van der Waals surface area contributed by atoms with Crippen LogP contribution in [0.5, 0.6) is 0 Å². The molecule has 0 aliphatic heterocycles. The molecule has 0 bridgehead atoms. The third-order valence-corrected chi connectivity index (χ3v) is 4.63. The van der Waals surface area contributed by atoms with Crippen molar-refractivity contribution in [3.05, 3.63) is 27.7 Å². The Morgan fingerprint density at radius 3 is 2.81 bits per heavy atom. The summed E-state index contributed by atoms with van der Waals surface area (Å²) in [6.07, 6.45) is 13.3. The van der Waals surface area contributed by atoms with Gasteiger partial charge in [-0.25, -0.2) is 0 Å².